The fourth-order valence-electron chi connectivity index (χ4n) is 0.848. The second kappa shape index (κ2) is 4.81. The smallest absolute Gasteiger partial charge is 0.176 e. The van der Waals surface area contributed by atoms with Gasteiger partial charge in [-0.15, -0.1) is 0 Å². The van der Waals surface area contributed by atoms with Gasteiger partial charge in [-0.05, 0) is 37.9 Å². The summed E-state index contributed by atoms with van der Waals surface area (Å²) >= 11 is 8.59. The van der Waals surface area contributed by atoms with Crippen LogP contribution in [-0.2, 0) is 0 Å². The Morgan fingerprint density at radius 2 is 1.86 bits per heavy atom. The van der Waals surface area contributed by atoms with Crippen molar-refractivity contribution in [2.24, 2.45) is 0 Å². The molecule has 0 fully saturated rings. The van der Waals surface area contributed by atoms with Gasteiger partial charge >= 0.3 is 0 Å². The lowest BCUT2D eigenvalue weighted by Gasteiger charge is -2.05. The monoisotopic (exact) mass is 390 g/mol. The lowest BCUT2D eigenvalue weighted by molar-refractivity contribution is 0.101. The van der Waals surface area contributed by atoms with Crippen LogP contribution in [0.25, 0.3) is 0 Å². The molecule has 0 bridgehead atoms. The van der Waals surface area contributed by atoms with Crippen LogP contribution >= 0.6 is 47.8 Å². The maximum Gasteiger partial charge on any atom is 0.176 e. The number of halogens is 5. The molecule has 0 N–H and O–H groups in total. The van der Waals surface area contributed by atoms with Gasteiger partial charge in [-0.25, -0.2) is 8.78 Å². The SMILES string of the molecule is O=C(CBr)c1cc(F)c(Br)c(Br)c1F. The first-order valence-electron chi connectivity index (χ1n) is 3.41. The molecule has 0 aliphatic rings. The first kappa shape index (κ1) is 12.3. The Morgan fingerprint density at radius 3 is 2.36 bits per heavy atom. The number of rotatable bonds is 2. The molecule has 0 saturated heterocycles. The first-order chi connectivity index (χ1) is 6.49. The normalized spacial score (nSPS) is 10.4. The summed E-state index contributed by atoms with van der Waals surface area (Å²) < 4.78 is 26.4. The van der Waals surface area contributed by atoms with Crippen LogP contribution in [0.4, 0.5) is 8.78 Å². The summed E-state index contributed by atoms with van der Waals surface area (Å²) in [6, 6.07) is 0.869. The number of hydrogen-bond acceptors (Lipinski definition) is 1. The molecule has 0 radical (unpaired) electrons. The minimum Gasteiger partial charge on any atom is -0.293 e. The molecule has 0 spiro atoms. The molecule has 0 unspecified atom stereocenters. The molecule has 1 nitrogen and oxygen atoms in total. The molecule has 0 saturated carbocycles. The van der Waals surface area contributed by atoms with E-state index in [1.54, 1.807) is 0 Å². The van der Waals surface area contributed by atoms with Crippen molar-refractivity contribution in [1.82, 2.24) is 0 Å². The van der Waals surface area contributed by atoms with Crippen molar-refractivity contribution in [1.29, 1.82) is 0 Å². The Labute approximate surface area is 104 Å². The van der Waals surface area contributed by atoms with Crippen molar-refractivity contribution in [2.75, 3.05) is 5.33 Å². The van der Waals surface area contributed by atoms with E-state index in [1.807, 2.05) is 0 Å². The molecule has 0 aromatic heterocycles. The van der Waals surface area contributed by atoms with E-state index in [9.17, 15) is 13.6 Å². The molecular formula is C8H3Br3F2O. The van der Waals surface area contributed by atoms with E-state index in [1.165, 1.54) is 0 Å². The standard InChI is InChI=1S/C8H3Br3F2O/c9-2-5(14)3-1-4(12)6(10)7(11)8(3)13/h1H,2H2. The quantitative estimate of drug-likeness (QED) is 0.321. The van der Waals surface area contributed by atoms with Crippen molar-refractivity contribution >= 4 is 53.6 Å². The minimum atomic E-state index is -0.761. The third-order valence-electron chi connectivity index (χ3n) is 1.52. The number of Topliss-reactive ketones (excluding diaryl/α,β-unsaturated/α-hetero) is 1. The Hall–Kier alpha value is 0.190. The first-order valence-corrected chi connectivity index (χ1v) is 6.12. The summed E-state index contributed by atoms with van der Waals surface area (Å²) in [7, 11) is 0. The largest absolute Gasteiger partial charge is 0.293 e. The van der Waals surface area contributed by atoms with Crippen molar-refractivity contribution < 1.29 is 13.6 Å². The van der Waals surface area contributed by atoms with Crippen molar-refractivity contribution in [3.8, 4) is 0 Å². The van der Waals surface area contributed by atoms with E-state index in [2.05, 4.69) is 47.8 Å². The molecule has 0 amide bonds. The van der Waals surface area contributed by atoms with Crippen molar-refractivity contribution in [3.05, 3.63) is 32.2 Å². The highest BCUT2D eigenvalue weighted by atomic mass is 79.9. The van der Waals surface area contributed by atoms with Gasteiger partial charge in [-0.2, -0.15) is 0 Å². The van der Waals surface area contributed by atoms with Crippen LogP contribution in [0, 0.1) is 11.6 Å². The topological polar surface area (TPSA) is 17.1 Å². The van der Waals surface area contributed by atoms with E-state index < -0.39 is 17.4 Å². The summed E-state index contributed by atoms with van der Waals surface area (Å²) in [5, 5.41) is -0.0442. The predicted octanol–water partition coefficient (Wildman–Crippen LogP) is 4.07. The molecule has 76 valence electrons. The fraction of sp³-hybridized carbons (Fsp3) is 0.125. The molecule has 0 aliphatic carbocycles. The summed E-state index contributed by atoms with van der Waals surface area (Å²) in [5.74, 6) is -1.94. The highest BCUT2D eigenvalue weighted by molar-refractivity contribution is 9.13. The Kier molecular flexibility index (Phi) is 4.21. The summed E-state index contributed by atoms with van der Waals surface area (Å²) in [6.45, 7) is 0. The number of alkyl halides is 1. The Balaban J connectivity index is 3.40. The fourth-order valence-corrected chi connectivity index (χ4v) is 1.84. The van der Waals surface area contributed by atoms with Gasteiger partial charge in [0.1, 0.15) is 11.6 Å². The van der Waals surface area contributed by atoms with Gasteiger partial charge in [-0.1, -0.05) is 15.9 Å². The third-order valence-corrected chi connectivity index (χ3v) is 4.09. The molecule has 0 heterocycles. The van der Waals surface area contributed by atoms with Crippen molar-refractivity contribution in [2.45, 2.75) is 0 Å². The summed E-state index contributed by atoms with van der Waals surface area (Å²) in [5.41, 5.74) is -0.269. The maximum atomic E-state index is 13.4. The second-order valence-electron chi connectivity index (χ2n) is 2.40. The zero-order valence-electron chi connectivity index (χ0n) is 6.58. The number of hydrogen-bond donors (Lipinski definition) is 0. The van der Waals surface area contributed by atoms with Crippen LogP contribution in [0.15, 0.2) is 15.0 Å². The lowest BCUT2D eigenvalue weighted by atomic mass is 10.1. The average Bonchev–Trinajstić information content (AvgIpc) is 2.19. The predicted molar refractivity (Wildman–Crippen MR) is 59.9 cm³/mol. The lowest BCUT2D eigenvalue weighted by Crippen LogP contribution is -2.05. The van der Waals surface area contributed by atoms with Crippen LogP contribution in [0.3, 0.4) is 0 Å². The van der Waals surface area contributed by atoms with Gasteiger partial charge in [0.25, 0.3) is 0 Å². The van der Waals surface area contributed by atoms with Gasteiger partial charge in [0.2, 0.25) is 0 Å². The molecule has 1 aromatic carbocycles. The van der Waals surface area contributed by atoms with Gasteiger partial charge in [0, 0.05) is 0 Å². The molecule has 1 aromatic rings. The molecule has 6 heteroatoms. The molecule has 0 aliphatic heterocycles. The second-order valence-corrected chi connectivity index (χ2v) is 4.55. The van der Waals surface area contributed by atoms with E-state index in [4.69, 9.17) is 0 Å². The molecule has 0 atom stereocenters. The van der Waals surface area contributed by atoms with Crippen LogP contribution in [-0.4, -0.2) is 11.1 Å². The van der Waals surface area contributed by atoms with Gasteiger partial charge < -0.3 is 0 Å². The number of carbonyl (C=O) groups is 1. The molecule has 14 heavy (non-hydrogen) atoms. The number of carbonyl (C=O) groups excluding carboxylic acids is 1. The minimum absolute atomic E-state index is 0.0267. The van der Waals surface area contributed by atoms with Crippen LogP contribution in [0.2, 0.25) is 0 Å². The highest BCUT2D eigenvalue weighted by Gasteiger charge is 2.18. The van der Waals surface area contributed by atoms with Crippen LogP contribution in [0.5, 0.6) is 0 Å². The van der Waals surface area contributed by atoms with Crippen molar-refractivity contribution in [3.63, 3.8) is 0 Å². The maximum absolute atomic E-state index is 13.4. The third kappa shape index (κ3) is 2.23. The Morgan fingerprint density at radius 1 is 1.29 bits per heavy atom. The van der Waals surface area contributed by atoms with E-state index in [0.29, 0.717) is 0 Å². The number of benzene rings is 1. The van der Waals surface area contributed by atoms with E-state index >= 15 is 0 Å². The zero-order valence-corrected chi connectivity index (χ0v) is 11.3. The summed E-state index contributed by atoms with van der Waals surface area (Å²) in [4.78, 5) is 11.2. The average molecular weight is 393 g/mol. The van der Waals surface area contributed by atoms with Crippen LogP contribution in [0.1, 0.15) is 10.4 Å². The van der Waals surface area contributed by atoms with Gasteiger partial charge in [0.15, 0.2) is 5.78 Å². The van der Waals surface area contributed by atoms with E-state index in [0.717, 1.165) is 6.07 Å². The number of ketones is 1. The van der Waals surface area contributed by atoms with Gasteiger partial charge in [-0.3, -0.25) is 4.79 Å². The zero-order chi connectivity index (χ0) is 10.9. The summed E-state index contributed by atoms with van der Waals surface area (Å²) in [6.07, 6.45) is 0. The molecular weight excluding hydrogens is 390 g/mol. The van der Waals surface area contributed by atoms with Crippen LogP contribution < -0.4 is 0 Å². The van der Waals surface area contributed by atoms with Gasteiger partial charge in [0.05, 0.1) is 19.8 Å². The van der Waals surface area contributed by atoms with E-state index in [-0.39, 0.29) is 19.8 Å². The highest BCUT2D eigenvalue weighted by Crippen LogP contribution is 2.31. The molecule has 1 rings (SSSR count). The Bertz CT molecular complexity index is 393.